The number of fused-ring (bicyclic) bond motifs is 1. The third-order valence-corrected chi connectivity index (χ3v) is 6.53. The predicted octanol–water partition coefficient (Wildman–Crippen LogP) is 5.05. The van der Waals surface area contributed by atoms with Crippen molar-refractivity contribution in [1.82, 2.24) is 19.5 Å². The van der Waals surface area contributed by atoms with Gasteiger partial charge in [0.1, 0.15) is 11.4 Å². The molecule has 3 aromatic rings. The summed E-state index contributed by atoms with van der Waals surface area (Å²) in [6.07, 6.45) is 6.06. The van der Waals surface area contributed by atoms with Crippen LogP contribution < -0.4 is 10.2 Å². The van der Waals surface area contributed by atoms with Crippen LogP contribution in [0.2, 0.25) is 0 Å². The van der Waals surface area contributed by atoms with Gasteiger partial charge in [-0.25, -0.2) is 14.3 Å². The van der Waals surface area contributed by atoms with Crippen molar-refractivity contribution in [3.8, 4) is 0 Å². The van der Waals surface area contributed by atoms with Crippen LogP contribution >= 0.6 is 0 Å². The molecule has 1 aliphatic heterocycles. The van der Waals surface area contributed by atoms with Gasteiger partial charge < -0.3 is 15.0 Å². The van der Waals surface area contributed by atoms with E-state index in [2.05, 4.69) is 17.3 Å². The number of carbonyl (C=O) groups excluding carboxylic acids is 1. The Hall–Kier alpha value is -3.13. The number of nitrogens with one attached hydrogen (secondary N) is 1. The van der Waals surface area contributed by atoms with Crippen molar-refractivity contribution in [3.05, 3.63) is 53.9 Å². The van der Waals surface area contributed by atoms with Crippen LogP contribution in [0.5, 0.6) is 0 Å². The van der Waals surface area contributed by atoms with Gasteiger partial charge in [0, 0.05) is 24.6 Å². The van der Waals surface area contributed by atoms with Crippen molar-refractivity contribution in [2.45, 2.75) is 70.6 Å². The number of ether oxygens (including phenoxy) is 1. The Bertz CT molecular complexity index is 1180. The molecule has 35 heavy (non-hydrogen) atoms. The second-order valence-electron chi connectivity index (χ2n) is 10.9. The Morgan fingerprint density at radius 1 is 1.20 bits per heavy atom. The minimum absolute atomic E-state index is 0.309. The number of nitrogens with zero attached hydrogens (tertiary/aromatic N) is 5. The Balaban J connectivity index is 1.57. The summed E-state index contributed by atoms with van der Waals surface area (Å²) < 4.78 is 7.78. The summed E-state index contributed by atoms with van der Waals surface area (Å²) in [5, 5.41) is 8.59. The maximum atomic E-state index is 13.5. The smallest absolute Gasteiger partial charge is 0.415 e. The Morgan fingerprint density at radius 2 is 1.97 bits per heavy atom. The fourth-order valence-corrected chi connectivity index (χ4v) is 4.72. The average molecular weight is 477 g/mol. The number of rotatable bonds is 6. The highest BCUT2D eigenvalue weighted by molar-refractivity contribution is 5.93. The van der Waals surface area contributed by atoms with E-state index in [4.69, 9.17) is 14.8 Å². The average Bonchev–Trinajstić information content (AvgIpc) is 3.55. The van der Waals surface area contributed by atoms with E-state index in [0.29, 0.717) is 29.8 Å². The number of likely N-dealkylation sites (N-methyl/N-ethyl adjacent to an activating group) is 1. The van der Waals surface area contributed by atoms with E-state index >= 15 is 0 Å². The van der Waals surface area contributed by atoms with Gasteiger partial charge in [-0.05, 0) is 65.6 Å². The molecule has 1 saturated carbocycles. The Kier molecular flexibility index (Phi) is 6.40. The molecule has 1 unspecified atom stereocenters. The number of aromatic nitrogens is 3. The van der Waals surface area contributed by atoms with Crippen LogP contribution in [0.3, 0.4) is 0 Å². The molecule has 1 N–H and O–H groups in total. The minimum atomic E-state index is -0.613. The highest BCUT2D eigenvalue weighted by atomic mass is 16.6. The topological polar surface area (TPSA) is 75.0 Å². The van der Waals surface area contributed by atoms with Crippen LogP contribution in [-0.2, 0) is 11.3 Å². The number of hydrogen-bond acceptors (Lipinski definition) is 6. The van der Waals surface area contributed by atoms with Crippen molar-refractivity contribution in [2.75, 3.05) is 30.4 Å². The minimum Gasteiger partial charge on any atom is -0.443 e. The van der Waals surface area contributed by atoms with E-state index in [-0.39, 0.29) is 0 Å². The maximum absolute atomic E-state index is 13.5. The molecule has 1 aliphatic carbocycles. The molecule has 5 rings (SSSR count). The van der Waals surface area contributed by atoms with Gasteiger partial charge in [0.05, 0.1) is 24.1 Å². The van der Waals surface area contributed by atoms with Crippen LogP contribution in [0.25, 0.3) is 5.65 Å². The summed E-state index contributed by atoms with van der Waals surface area (Å²) in [5.41, 5.74) is 2.90. The van der Waals surface area contributed by atoms with Crippen molar-refractivity contribution < 1.29 is 9.53 Å². The van der Waals surface area contributed by atoms with Crippen LogP contribution in [0.4, 0.5) is 16.3 Å². The molecule has 186 valence electrons. The molecule has 0 spiro atoms. The molecular weight excluding hydrogens is 440 g/mol. The summed E-state index contributed by atoms with van der Waals surface area (Å²) in [6, 6.07) is 12.3. The number of likely N-dealkylation sites (tertiary alicyclic amines) is 1. The van der Waals surface area contributed by atoms with Crippen LogP contribution in [0, 0.1) is 0 Å². The molecule has 8 nitrogen and oxygen atoms in total. The molecule has 8 heteroatoms. The molecule has 1 saturated heterocycles. The van der Waals surface area contributed by atoms with E-state index in [0.717, 1.165) is 55.8 Å². The number of anilines is 2. The lowest BCUT2D eigenvalue weighted by molar-refractivity contribution is 0.0577. The quantitative estimate of drug-likeness (QED) is 0.536. The molecule has 2 aliphatic rings. The van der Waals surface area contributed by atoms with E-state index in [9.17, 15) is 4.79 Å². The molecule has 0 radical (unpaired) electrons. The van der Waals surface area contributed by atoms with Crippen LogP contribution in [-0.4, -0.2) is 57.4 Å². The molecular formula is C27H36N6O2. The second kappa shape index (κ2) is 9.49. The lowest BCUT2D eigenvalue weighted by atomic mass is 10.1. The summed E-state index contributed by atoms with van der Waals surface area (Å²) in [6.45, 7) is 8.14. The number of hydrogen-bond donors (Lipinski definition) is 1. The number of amides is 1. The van der Waals surface area contributed by atoms with E-state index in [1.54, 1.807) is 4.90 Å². The zero-order chi connectivity index (χ0) is 24.6. The van der Waals surface area contributed by atoms with E-state index in [1.807, 2.05) is 67.9 Å². The second-order valence-corrected chi connectivity index (χ2v) is 10.9. The zero-order valence-corrected chi connectivity index (χ0v) is 21.2. The van der Waals surface area contributed by atoms with Gasteiger partial charge >= 0.3 is 6.09 Å². The Morgan fingerprint density at radius 3 is 2.66 bits per heavy atom. The molecule has 0 bridgehead atoms. The van der Waals surface area contributed by atoms with Crippen LogP contribution in [0.1, 0.15) is 63.6 Å². The summed E-state index contributed by atoms with van der Waals surface area (Å²) in [4.78, 5) is 22.3. The molecule has 2 aromatic heterocycles. The zero-order valence-electron chi connectivity index (χ0n) is 21.2. The van der Waals surface area contributed by atoms with Crippen molar-refractivity contribution >= 4 is 23.2 Å². The first-order valence-electron chi connectivity index (χ1n) is 12.6. The molecule has 2 fully saturated rings. The SMILES string of the molecule is CN1CCCC(Nc2cc(N(Cc3ccccc3)C(=O)OC(C)(C)C)c3ncc(C4CC4)n3n2)C1. The standard InChI is InChI=1S/C27H36N6O2/c1-27(2,3)35-26(34)32(17-19-9-6-5-7-10-19)22-15-24(29-21-11-8-14-31(4)18-21)30-33-23(20-12-13-20)16-28-25(22)33/h5-7,9-10,15-16,20-21H,8,11-14,17-18H2,1-4H3,(H,29,30). The third kappa shape index (κ3) is 5.59. The first kappa shape index (κ1) is 23.6. The largest absolute Gasteiger partial charge is 0.443 e. The summed E-state index contributed by atoms with van der Waals surface area (Å²) in [5.74, 6) is 1.24. The maximum Gasteiger partial charge on any atom is 0.415 e. The molecule has 3 heterocycles. The van der Waals surface area contributed by atoms with Gasteiger partial charge in [0.15, 0.2) is 5.65 Å². The van der Waals surface area contributed by atoms with E-state index in [1.165, 1.54) is 0 Å². The monoisotopic (exact) mass is 476 g/mol. The van der Waals surface area contributed by atoms with Gasteiger partial charge in [-0.1, -0.05) is 30.3 Å². The fourth-order valence-electron chi connectivity index (χ4n) is 4.72. The van der Waals surface area contributed by atoms with Gasteiger partial charge in [-0.15, -0.1) is 5.10 Å². The van der Waals surface area contributed by atoms with Gasteiger partial charge in [0.25, 0.3) is 0 Å². The number of imidazole rings is 1. The van der Waals surface area contributed by atoms with Crippen molar-refractivity contribution in [2.24, 2.45) is 0 Å². The third-order valence-electron chi connectivity index (χ3n) is 6.53. The van der Waals surface area contributed by atoms with Crippen molar-refractivity contribution in [3.63, 3.8) is 0 Å². The highest BCUT2D eigenvalue weighted by Gasteiger charge is 2.31. The van der Waals surface area contributed by atoms with Gasteiger partial charge in [-0.3, -0.25) is 4.90 Å². The normalized spacial score (nSPS) is 19.0. The predicted molar refractivity (Wildman–Crippen MR) is 138 cm³/mol. The van der Waals surface area contributed by atoms with Gasteiger partial charge in [-0.2, -0.15) is 0 Å². The summed E-state index contributed by atoms with van der Waals surface area (Å²) in [7, 11) is 2.15. The molecule has 1 aromatic carbocycles. The first-order chi connectivity index (χ1) is 16.8. The van der Waals surface area contributed by atoms with Gasteiger partial charge in [0.2, 0.25) is 0 Å². The highest BCUT2D eigenvalue weighted by Crippen LogP contribution is 2.41. The van der Waals surface area contributed by atoms with Crippen LogP contribution in [0.15, 0.2) is 42.6 Å². The number of benzene rings is 1. The lowest BCUT2D eigenvalue weighted by Gasteiger charge is -2.31. The van der Waals surface area contributed by atoms with Crippen molar-refractivity contribution in [1.29, 1.82) is 0 Å². The molecule has 1 atom stereocenters. The summed E-state index contributed by atoms with van der Waals surface area (Å²) >= 11 is 0. The lowest BCUT2D eigenvalue weighted by Crippen LogP contribution is -2.40. The Labute approximate surface area is 207 Å². The number of piperidine rings is 1. The fraction of sp³-hybridized carbons (Fsp3) is 0.519. The number of carbonyl (C=O) groups is 1. The molecule has 1 amide bonds. The van der Waals surface area contributed by atoms with E-state index < -0.39 is 11.7 Å². The first-order valence-corrected chi connectivity index (χ1v) is 12.6.